The molecule has 3 unspecified atom stereocenters. The summed E-state index contributed by atoms with van der Waals surface area (Å²) in [7, 11) is 0. The molecule has 0 saturated carbocycles. The molecule has 27 heavy (non-hydrogen) atoms. The minimum Gasteiger partial charge on any atom is -0.478 e. The summed E-state index contributed by atoms with van der Waals surface area (Å²) >= 11 is 0. The van der Waals surface area contributed by atoms with Crippen LogP contribution in [0.5, 0.6) is 0 Å². The van der Waals surface area contributed by atoms with Gasteiger partial charge in [0.05, 0.1) is 17.7 Å². The van der Waals surface area contributed by atoms with Gasteiger partial charge < -0.3 is 15.1 Å². The highest BCUT2D eigenvalue weighted by atomic mass is 16.4. The zero-order valence-electron chi connectivity index (χ0n) is 15.9. The normalized spacial score (nSPS) is 19.0. The number of nitrogens with zero attached hydrogens (tertiary/aromatic N) is 1. The van der Waals surface area contributed by atoms with Gasteiger partial charge in [0, 0.05) is 19.4 Å². The molecule has 2 N–H and O–H groups in total. The SMILES string of the molecule is CC#CCC(C)C(O)/C=C/C1CCC(=O)N1CCc1ccc(C(=O)O)cc1. The van der Waals surface area contributed by atoms with E-state index >= 15 is 0 Å². The van der Waals surface area contributed by atoms with Gasteiger partial charge in [-0.3, -0.25) is 4.79 Å². The van der Waals surface area contributed by atoms with Gasteiger partial charge in [-0.15, -0.1) is 11.8 Å². The third-order valence-electron chi connectivity index (χ3n) is 4.93. The van der Waals surface area contributed by atoms with Crippen LogP contribution in [0.1, 0.15) is 49.0 Å². The summed E-state index contributed by atoms with van der Waals surface area (Å²) in [4.78, 5) is 25.0. The highest BCUT2D eigenvalue weighted by Gasteiger charge is 2.28. The number of hydrogen-bond donors (Lipinski definition) is 2. The predicted molar refractivity (Wildman–Crippen MR) is 104 cm³/mol. The zero-order valence-corrected chi connectivity index (χ0v) is 15.9. The summed E-state index contributed by atoms with van der Waals surface area (Å²) in [6.45, 7) is 4.32. The molecule has 1 aliphatic heterocycles. The number of carboxylic acid groups (broad SMARTS) is 1. The molecule has 1 amide bonds. The van der Waals surface area contributed by atoms with Crippen LogP contribution in [0.25, 0.3) is 0 Å². The van der Waals surface area contributed by atoms with Crippen LogP contribution in [0, 0.1) is 17.8 Å². The molecule has 1 aromatic carbocycles. The maximum atomic E-state index is 12.2. The molecule has 144 valence electrons. The number of carboxylic acids is 1. The van der Waals surface area contributed by atoms with E-state index in [1.54, 1.807) is 37.3 Å². The van der Waals surface area contributed by atoms with E-state index in [2.05, 4.69) is 11.8 Å². The average molecular weight is 369 g/mol. The first kappa shape index (κ1) is 20.7. The van der Waals surface area contributed by atoms with Gasteiger partial charge in [-0.25, -0.2) is 4.79 Å². The molecule has 0 radical (unpaired) electrons. The Labute approximate surface area is 160 Å². The van der Waals surface area contributed by atoms with Crippen molar-refractivity contribution in [3.63, 3.8) is 0 Å². The molecule has 2 rings (SSSR count). The molecule has 0 aromatic heterocycles. The van der Waals surface area contributed by atoms with E-state index in [-0.39, 0.29) is 23.4 Å². The smallest absolute Gasteiger partial charge is 0.335 e. The Bertz CT molecular complexity index is 742. The van der Waals surface area contributed by atoms with E-state index in [4.69, 9.17) is 5.11 Å². The summed E-state index contributed by atoms with van der Waals surface area (Å²) in [5, 5.41) is 19.2. The first-order valence-corrected chi connectivity index (χ1v) is 9.30. The van der Waals surface area contributed by atoms with Crippen molar-refractivity contribution in [2.45, 2.75) is 51.7 Å². The number of carbonyl (C=O) groups excluding carboxylic acids is 1. The molecule has 1 fully saturated rings. The maximum absolute atomic E-state index is 12.2. The van der Waals surface area contributed by atoms with Crippen LogP contribution in [-0.4, -0.2) is 45.7 Å². The minimum absolute atomic E-state index is 0.00472. The van der Waals surface area contributed by atoms with Gasteiger partial charge in [0.15, 0.2) is 0 Å². The van der Waals surface area contributed by atoms with Crippen molar-refractivity contribution in [1.82, 2.24) is 4.90 Å². The molecule has 1 aliphatic rings. The highest BCUT2D eigenvalue weighted by Crippen LogP contribution is 2.21. The van der Waals surface area contributed by atoms with Crippen molar-refractivity contribution in [2.75, 3.05) is 6.54 Å². The molecule has 0 spiro atoms. The molecule has 1 heterocycles. The Morgan fingerprint density at radius 2 is 2.07 bits per heavy atom. The third-order valence-corrected chi connectivity index (χ3v) is 4.93. The van der Waals surface area contributed by atoms with Crippen LogP contribution in [0.2, 0.25) is 0 Å². The summed E-state index contributed by atoms with van der Waals surface area (Å²) in [6, 6.07) is 6.73. The quantitative estimate of drug-likeness (QED) is 0.546. The maximum Gasteiger partial charge on any atom is 0.335 e. The van der Waals surface area contributed by atoms with E-state index in [1.165, 1.54) is 0 Å². The number of benzene rings is 1. The Kier molecular flexibility index (Phi) is 7.63. The van der Waals surface area contributed by atoms with E-state index < -0.39 is 12.1 Å². The second kappa shape index (κ2) is 9.94. The average Bonchev–Trinajstić information content (AvgIpc) is 3.02. The van der Waals surface area contributed by atoms with Crippen LogP contribution in [0.3, 0.4) is 0 Å². The third kappa shape index (κ3) is 5.97. The van der Waals surface area contributed by atoms with Crippen LogP contribution in [0.4, 0.5) is 0 Å². The van der Waals surface area contributed by atoms with E-state index in [1.807, 2.05) is 17.9 Å². The fraction of sp³-hybridized carbons (Fsp3) is 0.455. The van der Waals surface area contributed by atoms with Crippen molar-refractivity contribution < 1.29 is 19.8 Å². The van der Waals surface area contributed by atoms with Crippen LogP contribution >= 0.6 is 0 Å². The number of aliphatic hydroxyl groups is 1. The second-order valence-corrected chi connectivity index (χ2v) is 6.93. The highest BCUT2D eigenvalue weighted by molar-refractivity contribution is 5.87. The second-order valence-electron chi connectivity index (χ2n) is 6.93. The van der Waals surface area contributed by atoms with Gasteiger partial charge in [0.25, 0.3) is 0 Å². The topological polar surface area (TPSA) is 77.8 Å². The van der Waals surface area contributed by atoms with Crippen LogP contribution in [0.15, 0.2) is 36.4 Å². The molecule has 1 saturated heterocycles. The first-order chi connectivity index (χ1) is 12.9. The summed E-state index contributed by atoms with van der Waals surface area (Å²) in [5.74, 6) is 5.03. The van der Waals surface area contributed by atoms with Gasteiger partial charge in [-0.1, -0.05) is 31.2 Å². The van der Waals surface area contributed by atoms with Crippen molar-refractivity contribution in [1.29, 1.82) is 0 Å². The molecule has 5 nitrogen and oxygen atoms in total. The largest absolute Gasteiger partial charge is 0.478 e. The molecule has 0 bridgehead atoms. The molecular formula is C22H27NO4. The summed E-state index contributed by atoms with van der Waals surface area (Å²) < 4.78 is 0. The van der Waals surface area contributed by atoms with Crippen molar-refractivity contribution in [3.8, 4) is 11.8 Å². The number of aromatic carboxylic acids is 1. The molecule has 0 aliphatic carbocycles. The fourth-order valence-electron chi connectivity index (χ4n) is 3.13. The van der Waals surface area contributed by atoms with E-state index in [9.17, 15) is 14.7 Å². The van der Waals surface area contributed by atoms with E-state index in [0.29, 0.717) is 25.8 Å². The number of amides is 1. The molecule has 5 heteroatoms. The Balaban J connectivity index is 1.93. The number of likely N-dealkylation sites (tertiary alicyclic amines) is 1. The molecular weight excluding hydrogens is 342 g/mol. The number of rotatable bonds is 8. The van der Waals surface area contributed by atoms with Crippen molar-refractivity contribution in [2.24, 2.45) is 5.92 Å². The van der Waals surface area contributed by atoms with Gasteiger partial charge >= 0.3 is 5.97 Å². The van der Waals surface area contributed by atoms with Gasteiger partial charge in [-0.05, 0) is 43.4 Å². The van der Waals surface area contributed by atoms with Gasteiger partial charge in [-0.2, -0.15) is 0 Å². The van der Waals surface area contributed by atoms with Gasteiger partial charge in [0.1, 0.15) is 0 Å². The van der Waals surface area contributed by atoms with Crippen molar-refractivity contribution in [3.05, 3.63) is 47.5 Å². The summed E-state index contributed by atoms with van der Waals surface area (Å²) in [5.41, 5.74) is 1.25. The zero-order chi connectivity index (χ0) is 19.8. The van der Waals surface area contributed by atoms with Crippen LogP contribution in [-0.2, 0) is 11.2 Å². The van der Waals surface area contributed by atoms with Gasteiger partial charge in [0.2, 0.25) is 5.91 Å². The lowest BCUT2D eigenvalue weighted by molar-refractivity contribution is -0.128. The lowest BCUT2D eigenvalue weighted by Gasteiger charge is -2.23. The molecule has 3 atom stereocenters. The number of carbonyl (C=O) groups is 2. The lowest BCUT2D eigenvalue weighted by atomic mass is 10.00. The monoisotopic (exact) mass is 369 g/mol. The van der Waals surface area contributed by atoms with E-state index in [0.717, 1.165) is 12.0 Å². The first-order valence-electron chi connectivity index (χ1n) is 9.30. The Hall–Kier alpha value is -2.58. The fourth-order valence-corrected chi connectivity index (χ4v) is 3.13. The number of aliphatic hydroxyl groups excluding tert-OH is 1. The number of hydrogen-bond acceptors (Lipinski definition) is 3. The lowest BCUT2D eigenvalue weighted by Crippen LogP contribution is -2.34. The predicted octanol–water partition coefficient (Wildman–Crippen LogP) is 2.88. The Morgan fingerprint density at radius 3 is 2.70 bits per heavy atom. The summed E-state index contributed by atoms with van der Waals surface area (Å²) in [6.07, 6.45) is 5.71. The standard InChI is InChI=1S/C22H27NO4/c1-3-4-5-16(2)20(24)12-10-19-11-13-21(25)23(19)15-14-17-6-8-18(9-7-17)22(26)27/h6-10,12,16,19-20,24H,5,11,13-15H2,1-2H3,(H,26,27)/b12-10+. The molecule has 1 aromatic rings. The minimum atomic E-state index is -0.945. The van der Waals surface area contributed by atoms with Crippen molar-refractivity contribution >= 4 is 11.9 Å². The Morgan fingerprint density at radius 1 is 1.37 bits per heavy atom. The van der Waals surface area contributed by atoms with Crippen LogP contribution < -0.4 is 0 Å².